The first-order valence-corrected chi connectivity index (χ1v) is 8.71. The van der Waals surface area contributed by atoms with Crippen LogP contribution < -0.4 is 15.9 Å². The summed E-state index contributed by atoms with van der Waals surface area (Å²) in [7, 11) is 0. The topological polar surface area (TPSA) is 94.0 Å². The van der Waals surface area contributed by atoms with Gasteiger partial charge in [-0.25, -0.2) is 0 Å². The maximum Gasteiger partial charge on any atom is 0.416 e. The number of nitrogens with zero attached hydrogens (tertiary/aromatic N) is 2. The van der Waals surface area contributed by atoms with E-state index in [1.807, 2.05) is 0 Å². The van der Waals surface area contributed by atoms with Gasteiger partial charge in [-0.2, -0.15) is 23.3 Å². The van der Waals surface area contributed by atoms with Crippen molar-refractivity contribution >= 4 is 23.2 Å². The Morgan fingerprint density at radius 3 is 2.20 bits per heavy atom. The van der Waals surface area contributed by atoms with E-state index >= 15 is 0 Å². The Kier molecular flexibility index (Phi) is 5.50. The number of rotatable bonds is 4. The number of hydrazone groups is 1. The average Bonchev–Trinajstić information content (AvgIpc) is 3.00. The van der Waals surface area contributed by atoms with Crippen LogP contribution in [0.1, 0.15) is 29.8 Å². The van der Waals surface area contributed by atoms with E-state index in [-0.39, 0.29) is 22.6 Å². The number of phenols is 1. The highest BCUT2D eigenvalue weighted by atomic mass is 19.4. The van der Waals surface area contributed by atoms with Crippen LogP contribution in [0.15, 0.2) is 64.9 Å². The summed E-state index contributed by atoms with van der Waals surface area (Å²) in [6.45, 7) is 3.13. The molecule has 0 aliphatic carbocycles. The molecule has 0 atom stereocenters. The van der Waals surface area contributed by atoms with Crippen LogP contribution in [0.3, 0.4) is 0 Å². The van der Waals surface area contributed by atoms with Crippen molar-refractivity contribution in [3.8, 4) is 5.75 Å². The monoisotopic (exact) mass is 418 g/mol. The maximum absolute atomic E-state index is 12.7. The molecule has 0 radical (unpaired) electrons. The van der Waals surface area contributed by atoms with Crippen LogP contribution in [0.25, 0.3) is 0 Å². The normalized spacial score (nSPS) is 15.7. The zero-order valence-electron chi connectivity index (χ0n) is 15.9. The number of allylic oxidation sites excluding steroid dienone is 1. The number of hydrogen-bond acceptors (Lipinski definition) is 5. The van der Waals surface area contributed by atoms with E-state index in [1.54, 1.807) is 13.8 Å². The smallest absolute Gasteiger partial charge is 0.416 e. The van der Waals surface area contributed by atoms with Gasteiger partial charge in [0.2, 0.25) is 0 Å². The highest BCUT2D eigenvalue weighted by Gasteiger charge is 2.33. The number of amides is 2. The zero-order chi connectivity index (χ0) is 22.1. The number of hydrogen-bond donors (Lipinski definition) is 3. The third-order valence-corrected chi connectivity index (χ3v) is 4.33. The van der Waals surface area contributed by atoms with E-state index in [4.69, 9.17) is 0 Å². The second-order valence-corrected chi connectivity index (χ2v) is 6.47. The molecule has 1 aliphatic heterocycles. The van der Waals surface area contributed by atoms with Gasteiger partial charge in [0.1, 0.15) is 5.75 Å². The molecular formula is C20H17F3N4O3. The van der Waals surface area contributed by atoms with Crippen molar-refractivity contribution in [2.75, 3.05) is 5.01 Å². The maximum atomic E-state index is 12.7. The predicted octanol–water partition coefficient (Wildman–Crippen LogP) is 3.34. The molecule has 0 bridgehead atoms. The van der Waals surface area contributed by atoms with Gasteiger partial charge in [-0.05, 0) is 62.4 Å². The highest BCUT2D eigenvalue weighted by molar-refractivity contribution is 6.30. The summed E-state index contributed by atoms with van der Waals surface area (Å²) in [6, 6.07) is 9.64. The fourth-order valence-corrected chi connectivity index (χ4v) is 2.80. The van der Waals surface area contributed by atoms with Gasteiger partial charge in [0.25, 0.3) is 11.8 Å². The Morgan fingerprint density at radius 1 is 1.03 bits per heavy atom. The van der Waals surface area contributed by atoms with E-state index in [0.29, 0.717) is 11.4 Å². The zero-order valence-corrected chi connectivity index (χ0v) is 15.9. The molecule has 0 saturated heterocycles. The van der Waals surface area contributed by atoms with Crippen LogP contribution in [0.5, 0.6) is 5.75 Å². The Labute approximate surface area is 169 Å². The molecule has 0 unspecified atom stereocenters. The summed E-state index contributed by atoms with van der Waals surface area (Å²) in [5.74, 6) is -1.02. The van der Waals surface area contributed by atoms with Gasteiger partial charge < -0.3 is 10.5 Å². The molecule has 30 heavy (non-hydrogen) atoms. The highest BCUT2D eigenvalue weighted by Crippen LogP contribution is 2.32. The van der Waals surface area contributed by atoms with Crippen LogP contribution >= 0.6 is 0 Å². The fourth-order valence-electron chi connectivity index (χ4n) is 2.80. The SMILES string of the molecule is CC1=NN(c2ccc(C(F)(F)F)cc2)C(=O)/C1=C(/C)NNC(=O)c1ccc(O)cc1. The number of aromatic hydroxyl groups is 1. The molecule has 3 N–H and O–H groups in total. The van der Waals surface area contributed by atoms with E-state index in [0.717, 1.165) is 29.3 Å². The standard InChI is InChI=1S/C20H17F3N4O3/c1-11(24-25-18(29)13-3-9-16(28)10-4-13)17-12(2)26-27(19(17)30)15-7-5-14(6-8-15)20(21,22)23/h3-10,24,28H,1-2H3,(H,25,29)/b17-11-. The van der Waals surface area contributed by atoms with E-state index in [2.05, 4.69) is 16.0 Å². The van der Waals surface area contributed by atoms with Gasteiger partial charge in [0.15, 0.2) is 0 Å². The van der Waals surface area contributed by atoms with Crippen LogP contribution in [-0.4, -0.2) is 22.6 Å². The molecule has 7 nitrogen and oxygen atoms in total. The molecule has 0 saturated carbocycles. The third-order valence-electron chi connectivity index (χ3n) is 4.33. The van der Waals surface area contributed by atoms with Gasteiger partial charge in [-0.15, -0.1) is 0 Å². The molecule has 1 heterocycles. The Morgan fingerprint density at radius 2 is 1.63 bits per heavy atom. The van der Waals surface area contributed by atoms with Crippen LogP contribution in [0, 0.1) is 0 Å². The molecule has 0 spiro atoms. The predicted molar refractivity (Wildman–Crippen MR) is 103 cm³/mol. The molecular weight excluding hydrogens is 401 g/mol. The van der Waals surface area contributed by atoms with Crippen LogP contribution in [-0.2, 0) is 11.0 Å². The lowest BCUT2D eigenvalue weighted by molar-refractivity contribution is -0.137. The molecule has 3 rings (SSSR count). The van der Waals surface area contributed by atoms with E-state index in [1.165, 1.54) is 24.3 Å². The summed E-state index contributed by atoms with van der Waals surface area (Å²) in [4.78, 5) is 24.9. The Hall–Kier alpha value is -3.82. The second kappa shape index (κ2) is 7.90. The molecule has 1 aliphatic rings. The first kappa shape index (κ1) is 20.9. The number of alkyl halides is 3. The first-order valence-electron chi connectivity index (χ1n) is 8.71. The van der Waals surface area contributed by atoms with Gasteiger partial charge in [-0.1, -0.05) is 0 Å². The number of carbonyl (C=O) groups is 2. The van der Waals surface area contributed by atoms with Gasteiger partial charge in [0, 0.05) is 11.3 Å². The number of halogens is 3. The van der Waals surface area contributed by atoms with Gasteiger partial charge >= 0.3 is 6.18 Å². The van der Waals surface area contributed by atoms with Crippen molar-refractivity contribution < 1.29 is 27.9 Å². The minimum atomic E-state index is -4.48. The number of anilines is 1. The second-order valence-electron chi connectivity index (χ2n) is 6.47. The van der Waals surface area contributed by atoms with Crippen molar-refractivity contribution in [1.82, 2.24) is 10.9 Å². The lowest BCUT2D eigenvalue weighted by atomic mass is 10.1. The quantitative estimate of drug-likeness (QED) is 0.524. The number of phenolic OH excluding ortho intramolecular Hbond substituents is 1. The van der Waals surface area contributed by atoms with Crippen LogP contribution in [0.4, 0.5) is 18.9 Å². The van der Waals surface area contributed by atoms with Gasteiger partial charge in [-0.3, -0.25) is 15.0 Å². The summed E-state index contributed by atoms with van der Waals surface area (Å²) in [6.07, 6.45) is -4.48. The summed E-state index contributed by atoms with van der Waals surface area (Å²) < 4.78 is 38.2. The Bertz CT molecular complexity index is 1040. The number of hydrazine groups is 1. The van der Waals surface area contributed by atoms with Crippen molar-refractivity contribution in [3.05, 3.63) is 70.9 Å². The van der Waals surface area contributed by atoms with Crippen molar-refractivity contribution in [3.63, 3.8) is 0 Å². The minimum absolute atomic E-state index is 0.0181. The van der Waals surface area contributed by atoms with Gasteiger partial charge in [0.05, 0.1) is 22.5 Å². The number of nitrogens with one attached hydrogen (secondary N) is 2. The fraction of sp³-hybridized carbons (Fsp3) is 0.150. The number of carbonyl (C=O) groups excluding carboxylic acids is 2. The molecule has 2 aromatic carbocycles. The Balaban J connectivity index is 1.74. The summed E-state index contributed by atoms with van der Waals surface area (Å²) in [5, 5.41) is 14.4. The molecule has 2 amide bonds. The third kappa shape index (κ3) is 4.27. The van der Waals surface area contributed by atoms with E-state index in [9.17, 15) is 27.9 Å². The largest absolute Gasteiger partial charge is 0.508 e. The molecule has 156 valence electrons. The molecule has 0 aromatic heterocycles. The lowest BCUT2D eigenvalue weighted by Crippen LogP contribution is -2.37. The lowest BCUT2D eigenvalue weighted by Gasteiger charge is -2.14. The summed E-state index contributed by atoms with van der Waals surface area (Å²) >= 11 is 0. The average molecular weight is 418 g/mol. The minimum Gasteiger partial charge on any atom is -0.508 e. The van der Waals surface area contributed by atoms with E-state index < -0.39 is 23.6 Å². The van der Waals surface area contributed by atoms with Crippen LogP contribution in [0.2, 0.25) is 0 Å². The van der Waals surface area contributed by atoms with Crippen molar-refractivity contribution in [2.24, 2.45) is 5.10 Å². The molecule has 10 heteroatoms. The van der Waals surface area contributed by atoms with Crippen molar-refractivity contribution in [2.45, 2.75) is 20.0 Å². The summed E-state index contributed by atoms with van der Waals surface area (Å²) in [5.41, 5.74) is 5.54. The molecule has 2 aromatic rings. The number of benzene rings is 2. The first-order chi connectivity index (χ1) is 14.1. The molecule has 0 fully saturated rings. The van der Waals surface area contributed by atoms with Crippen molar-refractivity contribution in [1.29, 1.82) is 0 Å².